The molecule has 2 aliphatic rings. The van der Waals surface area contributed by atoms with Gasteiger partial charge in [-0.05, 0) is 45.7 Å². The van der Waals surface area contributed by atoms with E-state index in [-0.39, 0.29) is 31.4 Å². The number of carbonyl (C=O) groups excluding carboxylic acids is 4. The molecule has 0 radical (unpaired) electrons. The summed E-state index contributed by atoms with van der Waals surface area (Å²) in [7, 11) is 1.46. The molecule has 10 nitrogen and oxygen atoms in total. The van der Waals surface area contributed by atoms with Crippen LogP contribution in [0.25, 0.3) is 10.9 Å². The van der Waals surface area contributed by atoms with Gasteiger partial charge in [0, 0.05) is 25.1 Å². The molecule has 0 bridgehead atoms. The highest BCUT2D eigenvalue weighted by Gasteiger charge is 2.46. The molecule has 10 heteroatoms. The van der Waals surface area contributed by atoms with Crippen LogP contribution in [0, 0.1) is 0 Å². The number of aromatic nitrogens is 1. The lowest BCUT2D eigenvalue weighted by atomic mass is 10.1. The summed E-state index contributed by atoms with van der Waals surface area (Å²) in [6, 6.07) is 7.89. The lowest BCUT2D eigenvalue weighted by Crippen LogP contribution is -2.54. The number of nitrogens with one attached hydrogen (secondary N) is 1. The highest BCUT2D eigenvalue weighted by Crippen LogP contribution is 2.30. The van der Waals surface area contributed by atoms with Gasteiger partial charge in [0.15, 0.2) is 0 Å². The highest BCUT2D eigenvalue weighted by atomic mass is 16.6. The Kier molecular flexibility index (Phi) is 6.84. The standard InChI is InChI=1S/C25H32N4O6/c1-25(2,3)35-24(33)27(4)15-20(30)26-17-12-14-34-21-10-9-19(29(21)22(17)31)23(32)28-13-11-16-7-5-6-8-18(16)28/h5-8,11,13,17,19,21H,9-10,12,14-15H2,1-4H3,(H,26,30)/t17-,19-,21-/m0/s1. The summed E-state index contributed by atoms with van der Waals surface area (Å²) in [5.74, 6) is -1.05. The zero-order valence-corrected chi connectivity index (χ0v) is 20.5. The van der Waals surface area contributed by atoms with Crippen molar-refractivity contribution in [2.24, 2.45) is 0 Å². The summed E-state index contributed by atoms with van der Waals surface area (Å²) in [5.41, 5.74) is 0.0903. The van der Waals surface area contributed by atoms with Gasteiger partial charge in [0.25, 0.3) is 5.91 Å². The normalized spacial score (nSPS) is 22.5. The van der Waals surface area contributed by atoms with E-state index in [1.54, 1.807) is 31.5 Å². The van der Waals surface area contributed by atoms with Crippen molar-refractivity contribution in [3.63, 3.8) is 0 Å². The largest absolute Gasteiger partial charge is 0.444 e. The third-order valence-electron chi connectivity index (χ3n) is 6.15. The lowest BCUT2D eigenvalue weighted by molar-refractivity contribution is -0.143. The first kappa shape index (κ1) is 24.7. The maximum Gasteiger partial charge on any atom is 0.410 e. The third kappa shape index (κ3) is 5.32. The topological polar surface area (TPSA) is 110 Å². The molecule has 1 N–H and O–H groups in total. The summed E-state index contributed by atoms with van der Waals surface area (Å²) >= 11 is 0. The molecule has 0 saturated carbocycles. The molecule has 1 aromatic heterocycles. The molecule has 3 amide bonds. The Morgan fingerprint density at radius 3 is 2.63 bits per heavy atom. The van der Waals surface area contributed by atoms with E-state index in [9.17, 15) is 19.2 Å². The third-order valence-corrected chi connectivity index (χ3v) is 6.15. The van der Waals surface area contributed by atoms with Crippen LogP contribution in [0.5, 0.6) is 0 Å². The Morgan fingerprint density at radius 2 is 1.89 bits per heavy atom. The van der Waals surface area contributed by atoms with Crippen LogP contribution in [0.15, 0.2) is 36.5 Å². The number of amides is 3. The second kappa shape index (κ2) is 9.69. The van der Waals surface area contributed by atoms with Crippen LogP contribution in [-0.4, -0.2) is 82.3 Å². The molecule has 35 heavy (non-hydrogen) atoms. The fourth-order valence-electron chi connectivity index (χ4n) is 4.54. The van der Waals surface area contributed by atoms with Crippen molar-refractivity contribution in [1.82, 2.24) is 19.7 Å². The molecular formula is C25H32N4O6. The van der Waals surface area contributed by atoms with Gasteiger partial charge in [-0.25, -0.2) is 4.79 Å². The molecule has 4 rings (SSSR count). The van der Waals surface area contributed by atoms with Gasteiger partial charge >= 0.3 is 6.09 Å². The number of hydrogen-bond acceptors (Lipinski definition) is 6. The van der Waals surface area contributed by atoms with Crippen LogP contribution >= 0.6 is 0 Å². The number of rotatable bonds is 4. The van der Waals surface area contributed by atoms with Gasteiger partial charge in [-0.2, -0.15) is 0 Å². The lowest BCUT2D eigenvalue weighted by Gasteiger charge is -2.30. The second-order valence-electron chi connectivity index (χ2n) is 9.99. The summed E-state index contributed by atoms with van der Waals surface area (Å²) in [4.78, 5) is 54.4. The molecule has 0 aliphatic carbocycles. The smallest absolute Gasteiger partial charge is 0.410 e. The van der Waals surface area contributed by atoms with Gasteiger partial charge in [-0.3, -0.25) is 19.0 Å². The van der Waals surface area contributed by atoms with E-state index < -0.39 is 35.9 Å². The van der Waals surface area contributed by atoms with E-state index in [2.05, 4.69) is 5.32 Å². The van der Waals surface area contributed by atoms with Gasteiger partial charge in [-0.1, -0.05) is 18.2 Å². The van der Waals surface area contributed by atoms with Crippen molar-refractivity contribution in [1.29, 1.82) is 0 Å². The van der Waals surface area contributed by atoms with Gasteiger partial charge in [0.2, 0.25) is 11.8 Å². The fraction of sp³-hybridized carbons (Fsp3) is 0.520. The number of fused-ring (bicyclic) bond motifs is 2. The van der Waals surface area contributed by atoms with E-state index >= 15 is 0 Å². The Morgan fingerprint density at radius 1 is 1.14 bits per heavy atom. The quantitative estimate of drug-likeness (QED) is 0.714. The maximum atomic E-state index is 13.5. The van der Waals surface area contributed by atoms with E-state index in [1.165, 1.54) is 11.9 Å². The van der Waals surface area contributed by atoms with Crippen molar-refractivity contribution < 1.29 is 28.7 Å². The Hall–Kier alpha value is -3.40. The Bertz CT molecular complexity index is 1140. The number of para-hydroxylation sites is 1. The second-order valence-corrected chi connectivity index (χ2v) is 9.99. The number of ether oxygens (including phenoxy) is 2. The predicted molar refractivity (Wildman–Crippen MR) is 128 cm³/mol. The summed E-state index contributed by atoms with van der Waals surface area (Å²) in [6.45, 7) is 5.23. The highest BCUT2D eigenvalue weighted by molar-refractivity contribution is 5.98. The minimum absolute atomic E-state index is 0.206. The fourth-order valence-corrected chi connectivity index (χ4v) is 4.54. The van der Waals surface area contributed by atoms with Gasteiger partial charge in [-0.15, -0.1) is 0 Å². The van der Waals surface area contributed by atoms with Crippen LogP contribution in [0.2, 0.25) is 0 Å². The molecule has 2 fully saturated rings. The zero-order chi connectivity index (χ0) is 25.3. The minimum Gasteiger partial charge on any atom is -0.444 e. The zero-order valence-electron chi connectivity index (χ0n) is 20.5. The van der Waals surface area contributed by atoms with E-state index in [0.717, 1.165) is 15.8 Å². The Balaban J connectivity index is 1.45. The van der Waals surface area contributed by atoms with E-state index in [4.69, 9.17) is 9.47 Å². The maximum absolute atomic E-state index is 13.5. The van der Waals surface area contributed by atoms with Crippen LogP contribution in [0.1, 0.15) is 44.8 Å². The summed E-state index contributed by atoms with van der Waals surface area (Å²) < 4.78 is 12.7. The van der Waals surface area contributed by atoms with Crippen LogP contribution < -0.4 is 5.32 Å². The first-order valence-corrected chi connectivity index (χ1v) is 11.8. The number of carbonyl (C=O) groups is 4. The van der Waals surface area contributed by atoms with Crippen molar-refractivity contribution in [2.75, 3.05) is 20.2 Å². The van der Waals surface area contributed by atoms with Gasteiger partial charge in [0.1, 0.15) is 30.5 Å². The molecule has 2 aromatic rings. The average molecular weight is 485 g/mol. The molecule has 0 unspecified atom stereocenters. The number of benzene rings is 1. The number of nitrogens with zero attached hydrogens (tertiary/aromatic N) is 3. The molecule has 2 saturated heterocycles. The minimum atomic E-state index is -0.852. The number of likely N-dealkylation sites (N-methyl/N-ethyl adjacent to an activating group) is 1. The first-order chi connectivity index (χ1) is 16.5. The van der Waals surface area contributed by atoms with E-state index in [1.807, 2.05) is 30.3 Å². The monoisotopic (exact) mass is 484 g/mol. The molecule has 2 aliphatic heterocycles. The van der Waals surface area contributed by atoms with Gasteiger partial charge in [0.05, 0.1) is 12.1 Å². The molecule has 3 heterocycles. The van der Waals surface area contributed by atoms with Crippen molar-refractivity contribution in [2.45, 2.75) is 63.9 Å². The summed E-state index contributed by atoms with van der Waals surface area (Å²) in [6.07, 6.45) is 1.88. The average Bonchev–Trinajstić information content (AvgIpc) is 3.37. The summed E-state index contributed by atoms with van der Waals surface area (Å²) in [5, 5.41) is 3.65. The van der Waals surface area contributed by atoms with Crippen LogP contribution in [-0.2, 0) is 19.1 Å². The number of hydrogen-bond donors (Lipinski definition) is 1. The molecule has 1 aromatic carbocycles. The van der Waals surface area contributed by atoms with Crippen molar-refractivity contribution in [3.05, 3.63) is 36.5 Å². The molecule has 3 atom stereocenters. The molecule has 0 spiro atoms. The van der Waals surface area contributed by atoms with Crippen molar-refractivity contribution in [3.8, 4) is 0 Å². The predicted octanol–water partition coefficient (Wildman–Crippen LogP) is 2.37. The molecular weight excluding hydrogens is 452 g/mol. The van der Waals surface area contributed by atoms with Crippen molar-refractivity contribution >= 4 is 34.7 Å². The van der Waals surface area contributed by atoms with Crippen LogP contribution in [0.4, 0.5) is 4.79 Å². The van der Waals surface area contributed by atoms with Crippen LogP contribution in [0.3, 0.4) is 0 Å². The first-order valence-electron chi connectivity index (χ1n) is 11.8. The Labute approximate surface area is 204 Å². The van der Waals surface area contributed by atoms with Gasteiger partial charge < -0.3 is 24.6 Å². The molecule has 188 valence electrons. The SMILES string of the molecule is CN(CC(=O)N[C@H]1CCO[C@H]2CC[C@@H](C(=O)n3ccc4ccccc43)N2C1=O)C(=O)OC(C)(C)C. The van der Waals surface area contributed by atoms with E-state index in [0.29, 0.717) is 12.8 Å².